The lowest BCUT2D eigenvalue weighted by Gasteiger charge is -2.17. The maximum Gasteiger partial charge on any atom is 0.200 e. The standard InChI is InChI=1S/C27H21FN6O2S/c1-14(34-27-22(26(30)31-13-32-27)23(33-34)20-10-9-17(12-29)37-20)25-21(15-5-4-6-16(28)11-15)24(35)18-7-2-3-8-19(18)36-25/h2-11,13-14H,12,29H2,1H3,(H2,30,31,32)/t14-/m1/s1. The number of thiophene rings is 1. The van der Waals surface area contributed by atoms with Gasteiger partial charge in [0.05, 0.1) is 21.2 Å². The Kier molecular flexibility index (Phi) is 5.54. The number of aromatic nitrogens is 4. The molecule has 0 amide bonds. The first-order valence-corrected chi connectivity index (χ1v) is 12.4. The van der Waals surface area contributed by atoms with Crippen molar-refractivity contribution in [1.29, 1.82) is 0 Å². The normalized spacial score (nSPS) is 12.4. The highest BCUT2D eigenvalue weighted by atomic mass is 32.1. The Bertz CT molecular complexity index is 1860. The second-order valence-corrected chi connectivity index (χ2v) is 9.74. The van der Waals surface area contributed by atoms with E-state index in [9.17, 15) is 9.18 Å². The lowest BCUT2D eigenvalue weighted by molar-refractivity contribution is 0.446. The molecule has 184 valence electrons. The summed E-state index contributed by atoms with van der Waals surface area (Å²) in [6.45, 7) is 2.26. The van der Waals surface area contributed by atoms with Crippen molar-refractivity contribution in [2.45, 2.75) is 19.5 Å². The third-order valence-corrected chi connectivity index (χ3v) is 7.41. The number of rotatable bonds is 5. The molecular formula is C27H21FN6O2S. The molecule has 0 aliphatic heterocycles. The van der Waals surface area contributed by atoms with E-state index in [0.29, 0.717) is 45.6 Å². The smallest absolute Gasteiger partial charge is 0.200 e. The third kappa shape index (κ3) is 3.78. The van der Waals surface area contributed by atoms with Crippen LogP contribution in [0.25, 0.3) is 43.7 Å². The van der Waals surface area contributed by atoms with Crippen LogP contribution in [0.4, 0.5) is 10.2 Å². The molecule has 0 aliphatic carbocycles. The number of fused-ring (bicyclic) bond motifs is 2. The van der Waals surface area contributed by atoms with Gasteiger partial charge < -0.3 is 15.9 Å². The van der Waals surface area contributed by atoms with Crippen molar-refractivity contribution in [3.8, 4) is 21.7 Å². The summed E-state index contributed by atoms with van der Waals surface area (Å²) in [7, 11) is 0. The van der Waals surface area contributed by atoms with Gasteiger partial charge in [0.15, 0.2) is 5.65 Å². The molecule has 0 fully saturated rings. The van der Waals surface area contributed by atoms with E-state index < -0.39 is 11.9 Å². The van der Waals surface area contributed by atoms with Crippen molar-refractivity contribution in [3.63, 3.8) is 0 Å². The Balaban J connectivity index is 1.63. The van der Waals surface area contributed by atoms with Gasteiger partial charge in [-0.1, -0.05) is 24.3 Å². The van der Waals surface area contributed by atoms with E-state index in [1.807, 2.05) is 19.1 Å². The molecule has 0 radical (unpaired) electrons. The van der Waals surface area contributed by atoms with Gasteiger partial charge in [0.2, 0.25) is 5.43 Å². The van der Waals surface area contributed by atoms with Crippen LogP contribution in [0.1, 0.15) is 23.6 Å². The van der Waals surface area contributed by atoms with Gasteiger partial charge in [-0.15, -0.1) is 11.3 Å². The molecule has 6 rings (SSSR count). The van der Waals surface area contributed by atoms with Gasteiger partial charge in [-0.2, -0.15) is 5.10 Å². The number of anilines is 1. The molecule has 0 bridgehead atoms. The number of hydrogen-bond acceptors (Lipinski definition) is 8. The highest BCUT2D eigenvalue weighted by Crippen LogP contribution is 2.38. The van der Waals surface area contributed by atoms with Gasteiger partial charge in [-0.3, -0.25) is 4.79 Å². The van der Waals surface area contributed by atoms with Crippen LogP contribution >= 0.6 is 11.3 Å². The fourth-order valence-corrected chi connectivity index (χ4v) is 5.41. The molecule has 37 heavy (non-hydrogen) atoms. The molecule has 10 heteroatoms. The Morgan fingerprint density at radius 2 is 1.95 bits per heavy atom. The quantitative estimate of drug-likeness (QED) is 0.328. The summed E-state index contributed by atoms with van der Waals surface area (Å²) in [6, 6.07) is 16.2. The molecule has 6 aromatic rings. The number of benzene rings is 2. The Morgan fingerprint density at radius 1 is 1.11 bits per heavy atom. The summed E-state index contributed by atoms with van der Waals surface area (Å²) in [5.41, 5.74) is 14.0. The monoisotopic (exact) mass is 512 g/mol. The number of nitrogens with two attached hydrogens (primary N) is 2. The van der Waals surface area contributed by atoms with Crippen LogP contribution < -0.4 is 16.9 Å². The topological polar surface area (TPSA) is 126 Å². The zero-order chi connectivity index (χ0) is 25.7. The Hall–Kier alpha value is -4.41. The van der Waals surface area contributed by atoms with Crippen LogP contribution in [-0.4, -0.2) is 19.7 Å². The first-order valence-electron chi connectivity index (χ1n) is 11.6. The van der Waals surface area contributed by atoms with Crippen molar-refractivity contribution >= 4 is 39.2 Å². The molecule has 0 saturated heterocycles. The number of hydrogen-bond donors (Lipinski definition) is 2. The first kappa shape index (κ1) is 23.0. The van der Waals surface area contributed by atoms with E-state index in [1.165, 1.54) is 29.8 Å². The van der Waals surface area contributed by atoms with Crippen LogP contribution in [-0.2, 0) is 6.54 Å². The van der Waals surface area contributed by atoms with Crippen molar-refractivity contribution in [3.05, 3.63) is 93.7 Å². The summed E-state index contributed by atoms with van der Waals surface area (Å²) in [4.78, 5) is 24.2. The molecule has 4 heterocycles. The van der Waals surface area contributed by atoms with E-state index >= 15 is 0 Å². The van der Waals surface area contributed by atoms with Gasteiger partial charge in [-0.25, -0.2) is 19.0 Å². The van der Waals surface area contributed by atoms with Gasteiger partial charge in [0.25, 0.3) is 0 Å². The summed E-state index contributed by atoms with van der Waals surface area (Å²) in [5, 5.41) is 5.87. The summed E-state index contributed by atoms with van der Waals surface area (Å²) in [6.07, 6.45) is 1.37. The number of nitrogen functional groups attached to an aromatic ring is 1. The van der Waals surface area contributed by atoms with Crippen LogP contribution in [0.3, 0.4) is 0 Å². The molecule has 0 aliphatic rings. The highest BCUT2D eigenvalue weighted by Gasteiger charge is 2.27. The van der Waals surface area contributed by atoms with Gasteiger partial charge >= 0.3 is 0 Å². The molecule has 8 nitrogen and oxygen atoms in total. The van der Waals surface area contributed by atoms with E-state index in [2.05, 4.69) is 9.97 Å². The molecule has 1 atom stereocenters. The van der Waals surface area contributed by atoms with Gasteiger partial charge in [0.1, 0.15) is 41.0 Å². The summed E-state index contributed by atoms with van der Waals surface area (Å²) >= 11 is 1.51. The van der Waals surface area contributed by atoms with E-state index in [4.69, 9.17) is 21.0 Å². The predicted octanol–water partition coefficient (Wildman–Crippen LogP) is 5.12. The predicted molar refractivity (Wildman–Crippen MR) is 143 cm³/mol. The first-order chi connectivity index (χ1) is 18.0. The van der Waals surface area contributed by atoms with E-state index in [-0.39, 0.29) is 16.8 Å². The molecule has 2 aromatic carbocycles. The molecular weight excluding hydrogens is 491 g/mol. The minimum atomic E-state index is -0.602. The van der Waals surface area contributed by atoms with Gasteiger partial charge in [-0.05, 0) is 48.9 Å². The average Bonchev–Trinajstić information content (AvgIpc) is 3.54. The van der Waals surface area contributed by atoms with Crippen LogP contribution in [0, 0.1) is 5.82 Å². The number of halogens is 1. The number of para-hydroxylation sites is 1. The Labute approximate surface area is 214 Å². The lowest BCUT2D eigenvalue weighted by atomic mass is 9.99. The molecule has 4 aromatic heterocycles. The summed E-state index contributed by atoms with van der Waals surface area (Å²) < 4.78 is 22.2. The average molecular weight is 513 g/mol. The molecule has 0 spiro atoms. The van der Waals surface area contributed by atoms with Crippen molar-refractivity contribution in [2.24, 2.45) is 5.73 Å². The maximum absolute atomic E-state index is 14.2. The van der Waals surface area contributed by atoms with Gasteiger partial charge in [0, 0.05) is 11.4 Å². The van der Waals surface area contributed by atoms with E-state index in [1.54, 1.807) is 41.1 Å². The SMILES string of the molecule is C[C@H](c1oc2ccccc2c(=O)c1-c1cccc(F)c1)n1nc(-c2ccc(CN)s2)c2c(N)ncnc21. The molecule has 0 saturated carbocycles. The fraction of sp³-hybridized carbons (Fsp3) is 0.111. The van der Waals surface area contributed by atoms with Crippen LogP contribution in [0.2, 0.25) is 0 Å². The largest absolute Gasteiger partial charge is 0.458 e. The number of nitrogens with zero attached hydrogens (tertiary/aromatic N) is 4. The second kappa shape index (κ2) is 8.91. The zero-order valence-corrected chi connectivity index (χ0v) is 20.5. The lowest BCUT2D eigenvalue weighted by Crippen LogP contribution is -2.16. The van der Waals surface area contributed by atoms with Crippen LogP contribution in [0.5, 0.6) is 0 Å². The zero-order valence-electron chi connectivity index (χ0n) is 19.7. The second-order valence-electron chi connectivity index (χ2n) is 8.57. The highest BCUT2D eigenvalue weighted by molar-refractivity contribution is 7.15. The maximum atomic E-state index is 14.2. The Morgan fingerprint density at radius 3 is 2.73 bits per heavy atom. The molecule has 0 unspecified atom stereocenters. The summed E-state index contributed by atoms with van der Waals surface area (Å²) in [5.74, 6) is 0.159. The minimum Gasteiger partial charge on any atom is -0.458 e. The fourth-order valence-electron chi connectivity index (χ4n) is 4.53. The minimum absolute atomic E-state index is 0.258. The van der Waals surface area contributed by atoms with E-state index in [0.717, 1.165) is 9.75 Å². The van der Waals surface area contributed by atoms with Crippen molar-refractivity contribution in [2.75, 3.05) is 5.73 Å². The van der Waals surface area contributed by atoms with Crippen molar-refractivity contribution < 1.29 is 8.81 Å². The molecule has 4 N–H and O–H groups in total. The van der Waals surface area contributed by atoms with Crippen LogP contribution in [0.15, 0.2) is 76.2 Å². The third-order valence-electron chi connectivity index (χ3n) is 6.30. The van der Waals surface area contributed by atoms with Crippen molar-refractivity contribution in [1.82, 2.24) is 19.7 Å².